The zero-order valence-electron chi connectivity index (χ0n) is 8.07. The van der Waals surface area contributed by atoms with Crippen LogP contribution in [0.25, 0.3) is 0 Å². The largest absolute Gasteiger partial charge is 0.392 e. The van der Waals surface area contributed by atoms with E-state index >= 15 is 0 Å². The van der Waals surface area contributed by atoms with Crippen LogP contribution in [-0.2, 0) is 4.79 Å². The van der Waals surface area contributed by atoms with Gasteiger partial charge in [-0.15, -0.1) is 6.58 Å². The van der Waals surface area contributed by atoms with Gasteiger partial charge >= 0.3 is 0 Å². The molecule has 74 valence electrons. The number of hydrogen-bond donors (Lipinski definition) is 1. The maximum atomic E-state index is 11.0. The van der Waals surface area contributed by atoms with Crippen molar-refractivity contribution in [3.63, 3.8) is 0 Å². The van der Waals surface area contributed by atoms with Crippen molar-refractivity contribution in [2.75, 3.05) is 13.1 Å². The molecule has 1 heterocycles. The van der Waals surface area contributed by atoms with E-state index in [9.17, 15) is 9.90 Å². The van der Waals surface area contributed by atoms with Crippen molar-refractivity contribution >= 4 is 5.91 Å². The second-order valence-corrected chi connectivity index (χ2v) is 3.61. The number of carbonyl (C=O) groups excluding carboxylic acids is 1. The van der Waals surface area contributed by atoms with E-state index < -0.39 is 0 Å². The van der Waals surface area contributed by atoms with E-state index in [1.165, 1.54) is 0 Å². The Kier molecular flexibility index (Phi) is 3.48. The number of aliphatic hydroxyl groups excluding tert-OH is 1. The van der Waals surface area contributed by atoms with Crippen LogP contribution in [0.4, 0.5) is 0 Å². The zero-order chi connectivity index (χ0) is 9.84. The summed E-state index contributed by atoms with van der Waals surface area (Å²) >= 11 is 0. The van der Waals surface area contributed by atoms with E-state index in [0.29, 0.717) is 13.0 Å². The number of aliphatic hydroxyl groups is 1. The Labute approximate surface area is 79.0 Å². The Morgan fingerprint density at radius 3 is 3.00 bits per heavy atom. The van der Waals surface area contributed by atoms with Crippen LogP contribution in [-0.4, -0.2) is 35.1 Å². The molecule has 3 nitrogen and oxygen atoms in total. The van der Waals surface area contributed by atoms with Gasteiger partial charge in [0.15, 0.2) is 0 Å². The Morgan fingerprint density at radius 2 is 2.54 bits per heavy atom. The molecule has 0 radical (unpaired) electrons. The van der Waals surface area contributed by atoms with Gasteiger partial charge < -0.3 is 10.0 Å². The third-order valence-corrected chi connectivity index (χ3v) is 2.62. The van der Waals surface area contributed by atoms with Gasteiger partial charge in [0, 0.05) is 25.9 Å². The Balaban J connectivity index is 2.40. The normalized spacial score (nSPS) is 24.5. The van der Waals surface area contributed by atoms with Crippen LogP contribution in [0.5, 0.6) is 0 Å². The Morgan fingerprint density at radius 1 is 1.85 bits per heavy atom. The van der Waals surface area contributed by atoms with Crippen LogP contribution in [0, 0.1) is 5.92 Å². The summed E-state index contributed by atoms with van der Waals surface area (Å²) in [5, 5.41) is 9.64. The number of rotatable bonds is 3. The van der Waals surface area contributed by atoms with E-state index in [4.69, 9.17) is 0 Å². The van der Waals surface area contributed by atoms with Crippen molar-refractivity contribution in [2.45, 2.75) is 25.9 Å². The first-order chi connectivity index (χ1) is 6.15. The summed E-state index contributed by atoms with van der Waals surface area (Å²) in [7, 11) is 0. The predicted molar refractivity (Wildman–Crippen MR) is 51.2 cm³/mol. The smallest absolute Gasteiger partial charge is 0.219 e. The van der Waals surface area contributed by atoms with Crippen LogP contribution in [0.2, 0.25) is 0 Å². The van der Waals surface area contributed by atoms with Gasteiger partial charge in [0.05, 0.1) is 6.10 Å². The average molecular weight is 183 g/mol. The van der Waals surface area contributed by atoms with E-state index in [1.807, 2.05) is 0 Å². The molecule has 1 fully saturated rings. The van der Waals surface area contributed by atoms with Crippen molar-refractivity contribution in [1.29, 1.82) is 0 Å². The second-order valence-electron chi connectivity index (χ2n) is 3.61. The standard InChI is InChI=1S/C10H17NO2/c1-3-4-10(13)9-5-6-11(7-9)8(2)12/h3,9-10,13H,1,4-7H2,2H3. The quantitative estimate of drug-likeness (QED) is 0.657. The molecular formula is C10H17NO2. The van der Waals surface area contributed by atoms with Crippen molar-refractivity contribution in [2.24, 2.45) is 5.92 Å². The summed E-state index contributed by atoms with van der Waals surface area (Å²) < 4.78 is 0. The third-order valence-electron chi connectivity index (χ3n) is 2.62. The summed E-state index contributed by atoms with van der Waals surface area (Å²) in [4.78, 5) is 12.8. The minimum absolute atomic E-state index is 0.105. The summed E-state index contributed by atoms with van der Waals surface area (Å²) in [6, 6.07) is 0. The minimum atomic E-state index is -0.332. The molecule has 1 N–H and O–H groups in total. The molecule has 1 rings (SSSR count). The van der Waals surface area contributed by atoms with E-state index in [2.05, 4.69) is 6.58 Å². The van der Waals surface area contributed by atoms with Gasteiger partial charge in [-0.3, -0.25) is 4.79 Å². The molecule has 1 aliphatic rings. The van der Waals surface area contributed by atoms with Crippen molar-refractivity contribution in [3.8, 4) is 0 Å². The van der Waals surface area contributed by atoms with Crippen LogP contribution in [0.1, 0.15) is 19.8 Å². The maximum Gasteiger partial charge on any atom is 0.219 e. The lowest BCUT2D eigenvalue weighted by Gasteiger charge is -2.17. The van der Waals surface area contributed by atoms with Crippen LogP contribution in [0.3, 0.4) is 0 Å². The molecule has 1 amide bonds. The highest BCUT2D eigenvalue weighted by atomic mass is 16.3. The Bertz CT molecular complexity index is 203. The fraction of sp³-hybridized carbons (Fsp3) is 0.700. The van der Waals surface area contributed by atoms with Crippen molar-refractivity contribution in [1.82, 2.24) is 4.90 Å². The van der Waals surface area contributed by atoms with Gasteiger partial charge in [0.2, 0.25) is 5.91 Å². The molecule has 2 atom stereocenters. The first-order valence-corrected chi connectivity index (χ1v) is 4.69. The van der Waals surface area contributed by atoms with Crippen LogP contribution in [0.15, 0.2) is 12.7 Å². The SMILES string of the molecule is C=CCC(O)C1CCN(C(C)=O)C1. The molecule has 0 aromatic carbocycles. The highest BCUT2D eigenvalue weighted by molar-refractivity contribution is 5.73. The molecule has 0 bridgehead atoms. The van der Waals surface area contributed by atoms with Gasteiger partial charge in [-0.25, -0.2) is 0 Å². The van der Waals surface area contributed by atoms with Gasteiger partial charge in [-0.1, -0.05) is 6.08 Å². The highest BCUT2D eigenvalue weighted by Gasteiger charge is 2.28. The molecule has 1 saturated heterocycles. The topological polar surface area (TPSA) is 40.5 Å². The maximum absolute atomic E-state index is 11.0. The Hall–Kier alpha value is -0.830. The molecular weight excluding hydrogens is 166 g/mol. The van der Waals surface area contributed by atoms with E-state index in [1.54, 1.807) is 17.9 Å². The van der Waals surface area contributed by atoms with E-state index in [-0.39, 0.29) is 17.9 Å². The second kappa shape index (κ2) is 4.42. The highest BCUT2D eigenvalue weighted by Crippen LogP contribution is 2.21. The molecule has 0 aromatic rings. The molecule has 3 heteroatoms. The van der Waals surface area contributed by atoms with Gasteiger partial charge in [0.1, 0.15) is 0 Å². The molecule has 13 heavy (non-hydrogen) atoms. The van der Waals surface area contributed by atoms with Crippen LogP contribution < -0.4 is 0 Å². The number of amides is 1. The third kappa shape index (κ3) is 2.56. The molecule has 1 aliphatic heterocycles. The number of carbonyl (C=O) groups is 1. The summed E-state index contributed by atoms with van der Waals surface area (Å²) in [6.45, 7) is 6.64. The number of likely N-dealkylation sites (tertiary alicyclic amines) is 1. The lowest BCUT2D eigenvalue weighted by atomic mass is 9.99. The first kappa shape index (κ1) is 10.3. The zero-order valence-corrected chi connectivity index (χ0v) is 8.07. The van der Waals surface area contributed by atoms with Crippen molar-refractivity contribution in [3.05, 3.63) is 12.7 Å². The molecule has 2 unspecified atom stereocenters. The van der Waals surface area contributed by atoms with Gasteiger partial charge in [-0.2, -0.15) is 0 Å². The molecule has 0 aliphatic carbocycles. The summed E-state index contributed by atoms with van der Waals surface area (Å²) in [5.74, 6) is 0.343. The lowest BCUT2D eigenvalue weighted by Crippen LogP contribution is -2.28. The fourth-order valence-corrected chi connectivity index (χ4v) is 1.75. The van der Waals surface area contributed by atoms with Crippen LogP contribution >= 0.6 is 0 Å². The lowest BCUT2D eigenvalue weighted by molar-refractivity contribution is -0.128. The summed E-state index contributed by atoms with van der Waals surface area (Å²) in [6.07, 6.45) is 2.92. The van der Waals surface area contributed by atoms with Crippen molar-refractivity contribution < 1.29 is 9.90 Å². The fourth-order valence-electron chi connectivity index (χ4n) is 1.75. The number of nitrogens with zero attached hydrogens (tertiary/aromatic N) is 1. The summed E-state index contributed by atoms with van der Waals surface area (Å²) in [5.41, 5.74) is 0. The van der Waals surface area contributed by atoms with E-state index in [0.717, 1.165) is 13.0 Å². The molecule has 0 spiro atoms. The first-order valence-electron chi connectivity index (χ1n) is 4.69. The monoisotopic (exact) mass is 183 g/mol. The van der Waals surface area contributed by atoms with Gasteiger partial charge in [-0.05, 0) is 12.8 Å². The molecule has 0 aromatic heterocycles. The molecule has 0 saturated carbocycles. The number of hydrogen-bond acceptors (Lipinski definition) is 2. The average Bonchev–Trinajstić information content (AvgIpc) is 2.52. The minimum Gasteiger partial charge on any atom is -0.392 e. The van der Waals surface area contributed by atoms with Gasteiger partial charge in [0.25, 0.3) is 0 Å². The predicted octanol–water partition coefficient (Wildman–Crippen LogP) is 0.792.